The Bertz CT molecular complexity index is 729. The minimum Gasteiger partial charge on any atom is -0.497 e. The van der Waals surface area contributed by atoms with Crippen LogP contribution in [0, 0.1) is 5.92 Å². The van der Waals surface area contributed by atoms with Gasteiger partial charge in [0.25, 0.3) is 5.91 Å². The van der Waals surface area contributed by atoms with Crippen molar-refractivity contribution in [3.05, 3.63) is 23.8 Å². The third kappa shape index (κ3) is 5.09. The van der Waals surface area contributed by atoms with E-state index in [1.807, 2.05) is 19.0 Å². The Morgan fingerprint density at radius 1 is 1.19 bits per heavy atom. The Balaban J connectivity index is 2.20. The molecular weight excluding hydrogens is 358 g/mol. The molecule has 2 atom stereocenters. The summed E-state index contributed by atoms with van der Waals surface area (Å²) in [4.78, 5) is 14.7. The Hall–Kier alpha value is -1.84. The number of rotatable bonds is 7. The van der Waals surface area contributed by atoms with Crippen LogP contribution in [0.1, 0.15) is 10.4 Å². The van der Waals surface area contributed by atoms with Crippen molar-refractivity contribution in [2.45, 2.75) is 6.04 Å². The van der Waals surface area contributed by atoms with E-state index in [9.17, 15) is 13.2 Å². The maximum absolute atomic E-state index is 12.7. The summed E-state index contributed by atoms with van der Waals surface area (Å²) in [5, 5.41) is 2.97. The second kappa shape index (κ2) is 8.24. The van der Waals surface area contributed by atoms with E-state index in [-0.39, 0.29) is 24.4 Å². The predicted molar refractivity (Wildman–Crippen MR) is 99.3 cm³/mol. The lowest BCUT2D eigenvalue weighted by Gasteiger charge is -2.23. The Kier molecular flexibility index (Phi) is 6.48. The minimum atomic E-state index is -3.30. The monoisotopic (exact) mass is 385 g/mol. The van der Waals surface area contributed by atoms with E-state index in [2.05, 4.69) is 5.32 Å². The highest BCUT2D eigenvalue weighted by Crippen LogP contribution is 2.24. The van der Waals surface area contributed by atoms with Crippen LogP contribution in [-0.4, -0.2) is 83.8 Å². The van der Waals surface area contributed by atoms with Crippen LogP contribution in [0.25, 0.3) is 0 Å². The third-order valence-corrected chi connectivity index (χ3v) is 5.64. The lowest BCUT2D eigenvalue weighted by atomic mass is 10.0. The van der Waals surface area contributed by atoms with E-state index < -0.39 is 10.0 Å². The number of sulfonamides is 1. The van der Waals surface area contributed by atoms with Crippen molar-refractivity contribution < 1.29 is 22.7 Å². The number of hydrogen-bond donors (Lipinski definition) is 1. The quantitative estimate of drug-likeness (QED) is 0.724. The molecule has 0 unspecified atom stereocenters. The molecule has 1 saturated heterocycles. The summed E-state index contributed by atoms with van der Waals surface area (Å²) >= 11 is 0. The summed E-state index contributed by atoms with van der Waals surface area (Å²) in [6.07, 6.45) is 1.19. The fourth-order valence-corrected chi connectivity index (χ4v) is 4.00. The van der Waals surface area contributed by atoms with Gasteiger partial charge in [0.15, 0.2) is 0 Å². The van der Waals surface area contributed by atoms with Gasteiger partial charge in [0.1, 0.15) is 11.5 Å². The molecule has 0 spiro atoms. The van der Waals surface area contributed by atoms with Crippen molar-refractivity contribution in [1.29, 1.82) is 0 Å². The maximum Gasteiger partial charge on any atom is 0.251 e. The molecule has 1 aromatic rings. The summed E-state index contributed by atoms with van der Waals surface area (Å²) in [5.74, 6) is 0.759. The number of nitrogens with zero attached hydrogens (tertiary/aromatic N) is 2. The predicted octanol–water partition coefficient (Wildman–Crippen LogP) is 0.255. The highest BCUT2D eigenvalue weighted by atomic mass is 32.2. The fraction of sp³-hybridized carbons (Fsp3) is 0.588. The summed E-state index contributed by atoms with van der Waals surface area (Å²) in [7, 11) is 3.59. The number of carbonyl (C=O) groups is 1. The van der Waals surface area contributed by atoms with Crippen molar-refractivity contribution >= 4 is 15.9 Å². The third-order valence-electron chi connectivity index (χ3n) is 4.41. The lowest BCUT2D eigenvalue weighted by molar-refractivity contribution is 0.0926. The van der Waals surface area contributed by atoms with E-state index in [1.54, 1.807) is 18.2 Å². The van der Waals surface area contributed by atoms with Gasteiger partial charge in [-0.1, -0.05) is 0 Å². The molecule has 1 aliphatic rings. The average Bonchev–Trinajstić information content (AvgIpc) is 2.96. The second-order valence-corrected chi connectivity index (χ2v) is 8.77. The molecule has 146 valence electrons. The molecule has 0 aliphatic carbocycles. The normalized spacial score (nSPS) is 21.0. The second-order valence-electron chi connectivity index (χ2n) is 6.78. The van der Waals surface area contributed by atoms with Crippen LogP contribution >= 0.6 is 0 Å². The van der Waals surface area contributed by atoms with Crippen LogP contribution in [0.15, 0.2) is 18.2 Å². The first-order valence-electron chi connectivity index (χ1n) is 8.27. The Morgan fingerprint density at radius 2 is 1.77 bits per heavy atom. The number of amides is 1. The Morgan fingerprint density at radius 3 is 2.23 bits per heavy atom. The van der Waals surface area contributed by atoms with E-state index in [0.717, 1.165) is 0 Å². The van der Waals surface area contributed by atoms with Gasteiger partial charge in [-0.25, -0.2) is 8.42 Å². The first-order valence-corrected chi connectivity index (χ1v) is 10.1. The van der Waals surface area contributed by atoms with E-state index >= 15 is 0 Å². The zero-order valence-corrected chi connectivity index (χ0v) is 16.7. The molecule has 1 N–H and O–H groups in total. The zero-order valence-electron chi connectivity index (χ0n) is 15.9. The number of benzene rings is 1. The van der Waals surface area contributed by atoms with Crippen molar-refractivity contribution in [3.63, 3.8) is 0 Å². The molecular formula is C17H27N3O5S. The average molecular weight is 385 g/mol. The van der Waals surface area contributed by atoms with Crippen LogP contribution in [-0.2, 0) is 10.0 Å². The van der Waals surface area contributed by atoms with Gasteiger partial charge in [-0.3, -0.25) is 4.79 Å². The van der Waals surface area contributed by atoms with Crippen LogP contribution in [0.2, 0.25) is 0 Å². The van der Waals surface area contributed by atoms with Gasteiger partial charge < -0.3 is 19.7 Å². The number of carbonyl (C=O) groups excluding carboxylic acids is 1. The van der Waals surface area contributed by atoms with Gasteiger partial charge in [-0.15, -0.1) is 0 Å². The topological polar surface area (TPSA) is 88.2 Å². The van der Waals surface area contributed by atoms with Gasteiger partial charge in [0, 0.05) is 43.2 Å². The van der Waals surface area contributed by atoms with Crippen LogP contribution in [0.3, 0.4) is 0 Å². The van der Waals surface area contributed by atoms with Crippen LogP contribution < -0.4 is 14.8 Å². The molecule has 1 aliphatic heterocycles. The Labute approximate surface area is 155 Å². The first kappa shape index (κ1) is 20.5. The van der Waals surface area contributed by atoms with Gasteiger partial charge >= 0.3 is 0 Å². The number of hydrogen-bond acceptors (Lipinski definition) is 6. The standard InChI is InChI=1S/C17H27N3O5S/c1-19(2)9-13-10-20(26(5,22)23)11-16(13)18-17(21)12-6-14(24-3)8-15(7-12)25-4/h6-8,13,16H,9-11H2,1-5H3,(H,18,21)/t13-,16-/m1/s1. The molecule has 8 nitrogen and oxygen atoms in total. The van der Waals surface area contributed by atoms with Gasteiger partial charge in [-0.05, 0) is 26.2 Å². The molecule has 26 heavy (non-hydrogen) atoms. The molecule has 1 amide bonds. The van der Waals surface area contributed by atoms with Crippen LogP contribution in [0.5, 0.6) is 11.5 Å². The number of nitrogens with one attached hydrogen (secondary N) is 1. The van der Waals surface area contributed by atoms with Crippen molar-refractivity contribution in [1.82, 2.24) is 14.5 Å². The maximum atomic E-state index is 12.7. The minimum absolute atomic E-state index is 0.0104. The molecule has 1 heterocycles. The molecule has 0 saturated carbocycles. The van der Waals surface area contributed by atoms with Crippen molar-refractivity contribution in [2.24, 2.45) is 5.92 Å². The fourth-order valence-electron chi connectivity index (χ4n) is 3.11. The highest BCUT2D eigenvalue weighted by Gasteiger charge is 2.38. The number of ether oxygens (including phenoxy) is 2. The van der Waals surface area contributed by atoms with Crippen LogP contribution in [0.4, 0.5) is 0 Å². The van der Waals surface area contributed by atoms with E-state index in [4.69, 9.17) is 9.47 Å². The van der Waals surface area contributed by atoms with Gasteiger partial charge in [-0.2, -0.15) is 4.31 Å². The van der Waals surface area contributed by atoms with E-state index in [1.165, 1.54) is 24.8 Å². The molecule has 1 fully saturated rings. The molecule has 0 bridgehead atoms. The summed E-state index contributed by atoms with van der Waals surface area (Å²) in [6, 6.07) is 4.67. The van der Waals surface area contributed by atoms with Gasteiger partial charge in [0.05, 0.1) is 20.5 Å². The summed E-state index contributed by atoms with van der Waals surface area (Å²) in [6.45, 7) is 1.34. The summed E-state index contributed by atoms with van der Waals surface area (Å²) in [5.41, 5.74) is 0.405. The number of methoxy groups -OCH3 is 2. The summed E-state index contributed by atoms with van der Waals surface area (Å²) < 4.78 is 35.6. The molecule has 2 rings (SSSR count). The van der Waals surface area contributed by atoms with E-state index in [0.29, 0.717) is 30.2 Å². The zero-order chi connectivity index (χ0) is 19.5. The molecule has 0 aromatic heterocycles. The molecule has 1 aromatic carbocycles. The smallest absolute Gasteiger partial charge is 0.251 e. The van der Waals surface area contributed by atoms with Crippen molar-refractivity contribution in [3.8, 4) is 11.5 Å². The molecule has 0 radical (unpaired) electrons. The highest BCUT2D eigenvalue weighted by molar-refractivity contribution is 7.88. The largest absolute Gasteiger partial charge is 0.497 e. The van der Waals surface area contributed by atoms with Crippen molar-refractivity contribution in [2.75, 3.05) is 54.2 Å². The lowest BCUT2D eigenvalue weighted by Crippen LogP contribution is -2.43. The van der Waals surface area contributed by atoms with Gasteiger partial charge in [0.2, 0.25) is 10.0 Å². The molecule has 9 heteroatoms. The SMILES string of the molecule is COc1cc(OC)cc(C(=O)N[C@@H]2CN(S(C)(=O)=O)C[C@H]2CN(C)C)c1. The first-order chi connectivity index (χ1) is 12.1.